The number of ether oxygens (including phenoxy) is 1. The van der Waals surface area contributed by atoms with Crippen LogP contribution >= 0.6 is 23.2 Å². The van der Waals surface area contributed by atoms with Crippen LogP contribution in [0.1, 0.15) is 105 Å². The molecule has 0 unspecified atom stereocenters. The summed E-state index contributed by atoms with van der Waals surface area (Å²) >= 11 is 12.5. The van der Waals surface area contributed by atoms with Crippen LogP contribution in [0.25, 0.3) is 22.4 Å². The van der Waals surface area contributed by atoms with Gasteiger partial charge in [-0.15, -0.1) is 10.2 Å². The topological polar surface area (TPSA) is 182 Å². The Bertz CT molecular complexity index is 3110. The van der Waals surface area contributed by atoms with E-state index in [1.165, 1.54) is 62.3 Å². The van der Waals surface area contributed by atoms with Gasteiger partial charge in [0.1, 0.15) is 28.5 Å². The molecule has 0 radical (unpaired) electrons. The van der Waals surface area contributed by atoms with E-state index in [1.54, 1.807) is 36.4 Å². The number of unbranched alkanes of at least 4 members (excludes halogenated alkanes) is 6. The summed E-state index contributed by atoms with van der Waals surface area (Å²) in [6.07, 6.45) is 7.92. The van der Waals surface area contributed by atoms with Crippen molar-refractivity contribution in [2.75, 3.05) is 57.4 Å². The van der Waals surface area contributed by atoms with Crippen molar-refractivity contribution in [3.63, 3.8) is 0 Å². The highest BCUT2D eigenvalue weighted by Crippen LogP contribution is 2.53. The molecular weight excluding hydrogens is 1030 g/mol. The maximum absolute atomic E-state index is 16.2. The zero-order chi connectivity index (χ0) is 55.6. The Morgan fingerprint density at radius 2 is 1.56 bits per heavy atom. The van der Waals surface area contributed by atoms with E-state index in [9.17, 15) is 20.0 Å². The quantitative estimate of drug-likeness (QED) is 0.0433. The van der Waals surface area contributed by atoms with Crippen LogP contribution in [0.3, 0.4) is 0 Å². The number of aromatic hydroxyl groups is 1. The zero-order valence-corrected chi connectivity index (χ0v) is 46.2. The van der Waals surface area contributed by atoms with Gasteiger partial charge in [-0.3, -0.25) is 14.5 Å². The van der Waals surface area contributed by atoms with Gasteiger partial charge in [0.2, 0.25) is 5.91 Å². The average molecular weight is 1100 g/mol. The SMILES string of the molecule is COc1cc(C(=O)NCCCCCCCCCN2CCN(Cc3ccc(-c4cc(-c5ccccc5O)nnc4N)cc3)CC2)ccc1NC(=O)[C@@H]1N[C@@H](CC(C)(C)C)[C@](C#N)(c2ccc(Cl)cc2F)[C@H]1c1cccc(Cl)c1F. The number of methoxy groups -OCH3 is 1. The van der Waals surface area contributed by atoms with Crippen molar-refractivity contribution < 1.29 is 28.2 Å². The van der Waals surface area contributed by atoms with Gasteiger partial charge in [-0.1, -0.05) is 131 Å². The molecule has 2 amide bonds. The van der Waals surface area contributed by atoms with Crippen molar-refractivity contribution in [3.05, 3.63) is 153 Å². The van der Waals surface area contributed by atoms with Crippen LogP contribution in [0, 0.1) is 28.4 Å². The lowest BCUT2D eigenvalue weighted by Gasteiger charge is -2.37. The molecule has 3 heterocycles. The molecule has 5 aromatic carbocycles. The van der Waals surface area contributed by atoms with E-state index in [0.29, 0.717) is 35.6 Å². The Hall–Kier alpha value is -6.67. The van der Waals surface area contributed by atoms with E-state index in [4.69, 9.17) is 33.7 Å². The predicted molar refractivity (Wildman–Crippen MR) is 305 cm³/mol. The fraction of sp³-hybridized carbons (Fsp3) is 0.393. The van der Waals surface area contributed by atoms with Crippen LogP contribution in [0.5, 0.6) is 11.5 Å². The summed E-state index contributed by atoms with van der Waals surface area (Å²) < 4.78 is 37.9. The molecule has 410 valence electrons. The molecule has 6 aromatic rings. The number of halogens is 4. The number of hydrogen-bond acceptors (Lipinski definition) is 11. The number of para-hydroxylation sites is 1. The molecule has 4 atom stereocenters. The maximum Gasteiger partial charge on any atom is 0.251 e. The minimum Gasteiger partial charge on any atom is -0.507 e. The van der Waals surface area contributed by atoms with Crippen LogP contribution < -0.4 is 26.4 Å². The summed E-state index contributed by atoms with van der Waals surface area (Å²) in [6, 6.07) is 30.7. The van der Waals surface area contributed by atoms with Crippen molar-refractivity contribution in [2.24, 2.45) is 5.41 Å². The summed E-state index contributed by atoms with van der Waals surface area (Å²) in [5.41, 5.74) is 8.71. The van der Waals surface area contributed by atoms with Crippen molar-refractivity contribution in [1.82, 2.24) is 30.6 Å². The van der Waals surface area contributed by atoms with Crippen molar-refractivity contribution >= 4 is 46.5 Å². The molecule has 17 heteroatoms. The number of aromatic nitrogens is 2. The number of phenolic OH excluding ortho intramolecular Hbond substituents is 1. The summed E-state index contributed by atoms with van der Waals surface area (Å²) in [4.78, 5) is 32.9. The van der Waals surface area contributed by atoms with Gasteiger partial charge in [0.15, 0.2) is 5.82 Å². The van der Waals surface area contributed by atoms with Gasteiger partial charge in [-0.2, -0.15) is 5.26 Å². The first kappa shape index (κ1) is 57.5. The van der Waals surface area contributed by atoms with Gasteiger partial charge < -0.3 is 36.4 Å². The molecule has 8 rings (SSSR count). The van der Waals surface area contributed by atoms with Gasteiger partial charge in [0.05, 0.1) is 35.6 Å². The molecule has 0 saturated carbocycles. The Balaban J connectivity index is 0.757. The number of rotatable bonds is 21. The molecule has 2 saturated heterocycles. The van der Waals surface area contributed by atoms with E-state index < -0.39 is 46.4 Å². The second kappa shape index (κ2) is 25.9. The molecule has 2 aliphatic rings. The monoisotopic (exact) mass is 1100 g/mol. The molecular formula is C61H69Cl2F2N9O4. The highest BCUT2D eigenvalue weighted by molar-refractivity contribution is 6.31. The number of amides is 2. The fourth-order valence-electron chi connectivity index (χ4n) is 11.0. The molecule has 2 aliphatic heterocycles. The van der Waals surface area contributed by atoms with Gasteiger partial charge in [0.25, 0.3) is 5.91 Å². The van der Waals surface area contributed by atoms with Crippen LogP contribution in [-0.2, 0) is 16.8 Å². The zero-order valence-electron chi connectivity index (χ0n) is 44.7. The first-order chi connectivity index (χ1) is 37.5. The maximum atomic E-state index is 16.2. The van der Waals surface area contributed by atoms with Crippen LogP contribution in [-0.4, -0.2) is 95.4 Å². The molecule has 0 aliphatic carbocycles. The first-order valence-corrected chi connectivity index (χ1v) is 27.5. The van der Waals surface area contributed by atoms with E-state index in [1.807, 2.05) is 32.9 Å². The summed E-state index contributed by atoms with van der Waals surface area (Å²) in [6.45, 7) is 12.6. The van der Waals surface area contributed by atoms with Gasteiger partial charge in [0, 0.05) is 78.5 Å². The standard InChI is InChI=1S/C61H69Cl2F2N9O4/c1-60(2,3)36-53-61(38-66,46-25-24-42(62)34-48(46)64)54(44-16-14-17-47(63)55(44)65)56(70-53)59(77)69-49-26-23-41(33-52(49)78-4)58(76)68-27-12-8-6-5-7-9-13-28-73-29-31-74(32-30-73)37-39-19-21-40(22-20-39)45-35-50(71-72-57(45)67)43-15-10-11-18-51(43)75/h10-11,14-26,33-35,53-54,56,70,75H,5-9,12-13,27-32,36-37H2,1-4H3,(H2,67,72)(H,68,76)(H,69,77)/t53-,54-,56+,61-/m0/s1. The number of anilines is 2. The second-order valence-electron chi connectivity index (χ2n) is 21.7. The number of carbonyl (C=O) groups excluding carboxylic acids is 2. The highest BCUT2D eigenvalue weighted by atomic mass is 35.5. The molecule has 78 heavy (non-hydrogen) atoms. The van der Waals surface area contributed by atoms with Crippen LogP contribution in [0.2, 0.25) is 10.0 Å². The number of nitrogens with one attached hydrogen (secondary N) is 3. The van der Waals surface area contributed by atoms with E-state index in [0.717, 1.165) is 82.1 Å². The second-order valence-corrected chi connectivity index (χ2v) is 22.5. The van der Waals surface area contributed by atoms with Crippen molar-refractivity contribution in [1.29, 1.82) is 5.26 Å². The summed E-state index contributed by atoms with van der Waals surface area (Å²) in [5, 5.41) is 39.0. The minimum absolute atomic E-state index is 0.0217. The van der Waals surface area contributed by atoms with Crippen LogP contribution in [0.15, 0.2) is 109 Å². The number of nitrogens with two attached hydrogens (primary N) is 1. The number of piperazine rings is 1. The predicted octanol–water partition coefficient (Wildman–Crippen LogP) is 11.9. The molecule has 13 nitrogen and oxygen atoms in total. The van der Waals surface area contributed by atoms with Crippen molar-refractivity contribution in [3.8, 4) is 40.0 Å². The van der Waals surface area contributed by atoms with Gasteiger partial charge in [-0.05, 0) is 103 Å². The smallest absolute Gasteiger partial charge is 0.251 e. The van der Waals surface area contributed by atoms with E-state index >= 15 is 8.78 Å². The largest absolute Gasteiger partial charge is 0.507 e. The fourth-order valence-corrected chi connectivity index (χ4v) is 11.4. The third kappa shape index (κ3) is 13.6. The Labute approximate surface area is 466 Å². The number of nitrogens with zero attached hydrogens (tertiary/aromatic N) is 5. The average Bonchev–Trinajstić information content (AvgIpc) is 3.99. The number of nitriles is 1. The highest BCUT2D eigenvalue weighted by Gasteiger charge is 2.61. The van der Waals surface area contributed by atoms with Crippen LogP contribution in [0.4, 0.5) is 20.3 Å². The first-order valence-electron chi connectivity index (χ1n) is 26.8. The third-order valence-electron chi connectivity index (χ3n) is 15.0. The summed E-state index contributed by atoms with van der Waals surface area (Å²) in [5.74, 6) is -3.03. The minimum atomic E-state index is -1.79. The number of carbonyl (C=O) groups is 2. The lowest BCUT2D eigenvalue weighted by atomic mass is 9.62. The normalized spacial score (nSPS) is 18.8. The molecule has 1 aromatic heterocycles. The molecule has 0 bridgehead atoms. The third-order valence-corrected chi connectivity index (χ3v) is 15.6. The Morgan fingerprint density at radius 1 is 0.859 bits per heavy atom. The lowest BCUT2D eigenvalue weighted by Crippen LogP contribution is -2.46. The van der Waals surface area contributed by atoms with Gasteiger partial charge in [-0.25, -0.2) is 8.78 Å². The van der Waals surface area contributed by atoms with E-state index in [2.05, 4.69) is 66.3 Å². The lowest BCUT2D eigenvalue weighted by molar-refractivity contribution is -0.118. The number of benzene rings is 5. The van der Waals surface area contributed by atoms with E-state index in [-0.39, 0.29) is 44.3 Å². The molecule has 0 spiro atoms. The Kier molecular flexibility index (Phi) is 19.1. The molecule has 6 N–H and O–H groups in total. The molecule has 2 fully saturated rings. The number of nitrogen functional groups attached to an aromatic ring is 1. The number of hydrogen-bond donors (Lipinski definition) is 5. The van der Waals surface area contributed by atoms with Crippen molar-refractivity contribution in [2.45, 2.75) is 102 Å². The summed E-state index contributed by atoms with van der Waals surface area (Å²) in [7, 11) is 1.43. The van der Waals surface area contributed by atoms with Gasteiger partial charge >= 0.3 is 0 Å². The number of phenols is 1. The Morgan fingerprint density at radius 3 is 2.26 bits per heavy atom.